The Balaban J connectivity index is 2.08. The second-order valence-corrected chi connectivity index (χ2v) is 5.27. The van der Waals surface area contributed by atoms with Crippen molar-refractivity contribution in [2.75, 3.05) is 30.8 Å². The number of hydrogen-bond acceptors (Lipinski definition) is 5. The van der Waals surface area contributed by atoms with Crippen molar-refractivity contribution >= 4 is 35.0 Å². The number of anilines is 3. The van der Waals surface area contributed by atoms with E-state index in [0.717, 1.165) is 0 Å². The average Bonchev–Trinajstić information content (AvgIpc) is 2.50. The zero-order valence-electron chi connectivity index (χ0n) is 11.7. The smallest absolute Gasteiger partial charge is 0.253 e. The first-order valence-corrected chi connectivity index (χ1v) is 7.01. The molecule has 0 saturated carbocycles. The Kier molecular flexibility index (Phi) is 3.81. The number of likely N-dealkylation sites (N-methyl/N-ethyl adjacent to an activating group) is 1. The van der Waals surface area contributed by atoms with Crippen LogP contribution in [-0.4, -0.2) is 40.9 Å². The lowest BCUT2D eigenvalue weighted by molar-refractivity contribution is 0.0800. The molecule has 0 saturated heterocycles. The molecule has 0 atom stereocenters. The summed E-state index contributed by atoms with van der Waals surface area (Å²) in [6.07, 6.45) is 1.43. The first-order chi connectivity index (χ1) is 10.5. The molecule has 0 unspecified atom stereocenters. The van der Waals surface area contributed by atoms with E-state index in [1.807, 2.05) is 0 Å². The number of hydrogen-bond donors (Lipinski definition) is 2. The van der Waals surface area contributed by atoms with Gasteiger partial charge >= 0.3 is 0 Å². The predicted molar refractivity (Wildman–Crippen MR) is 82.2 cm³/mol. The topological polar surface area (TPSA) is 70.2 Å². The number of halogens is 2. The second-order valence-electron chi connectivity index (χ2n) is 4.86. The zero-order chi connectivity index (χ0) is 15.7. The molecule has 4 bridgehead atoms. The van der Waals surface area contributed by atoms with Gasteiger partial charge in [-0.3, -0.25) is 4.79 Å². The van der Waals surface area contributed by atoms with Gasteiger partial charge in [-0.05, 0) is 18.2 Å². The minimum atomic E-state index is -0.496. The van der Waals surface area contributed by atoms with E-state index in [4.69, 9.17) is 11.6 Å². The highest BCUT2D eigenvalue weighted by Crippen LogP contribution is 2.24. The van der Waals surface area contributed by atoms with Crippen molar-refractivity contribution in [3.8, 4) is 0 Å². The van der Waals surface area contributed by atoms with Crippen LogP contribution >= 0.6 is 11.6 Å². The van der Waals surface area contributed by atoms with Gasteiger partial charge in [-0.25, -0.2) is 9.37 Å². The second kappa shape index (κ2) is 5.76. The quantitative estimate of drug-likeness (QED) is 0.780. The van der Waals surface area contributed by atoms with E-state index in [1.165, 1.54) is 24.4 Å². The van der Waals surface area contributed by atoms with Gasteiger partial charge in [-0.1, -0.05) is 11.6 Å². The first kappa shape index (κ1) is 14.5. The van der Waals surface area contributed by atoms with Gasteiger partial charge in [0.05, 0.1) is 11.9 Å². The SMILES string of the molecule is CN1CCNc2nc(ncc2Cl)Nc2cc(ccc2F)C1=O. The fraction of sp³-hybridized carbons (Fsp3) is 0.214. The zero-order valence-corrected chi connectivity index (χ0v) is 12.5. The van der Waals surface area contributed by atoms with Gasteiger partial charge in [0.2, 0.25) is 5.95 Å². The van der Waals surface area contributed by atoms with Gasteiger partial charge in [0.1, 0.15) is 10.8 Å². The number of fused-ring (bicyclic) bond motifs is 4. The van der Waals surface area contributed by atoms with Crippen molar-refractivity contribution in [1.82, 2.24) is 14.9 Å². The normalized spacial score (nSPS) is 14.5. The van der Waals surface area contributed by atoms with Crippen molar-refractivity contribution in [1.29, 1.82) is 0 Å². The number of carbonyl (C=O) groups is 1. The summed E-state index contributed by atoms with van der Waals surface area (Å²) in [5.41, 5.74) is 0.522. The maximum Gasteiger partial charge on any atom is 0.253 e. The molecule has 3 rings (SSSR count). The molecule has 6 nitrogen and oxygen atoms in total. The Morgan fingerprint density at radius 1 is 1.41 bits per heavy atom. The maximum atomic E-state index is 13.9. The van der Waals surface area contributed by atoms with E-state index in [9.17, 15) is 9.18 Å². The van der Waals surface area contributed by atoms with Crippen LogP contribution in [0.3, 0.4) is 0 Å². The highest BCUT2D eigenvalue weighted by atomic mass is 35.5. The minimum absolute atomic E-state index is 0.132. The van der Waals surface area contributed by atoms with Crippen LogP contribution in [0.2, 0.25) is 5.02 Å². The van der Waals surface area contributed by atoms with Crippen LogP contribution in [0.5, 0.6) is 0 Å². The summed E-state index contributed by atoms with van der Waals surface area (Å²) in [7, 11) is 1.68. The molecule has 0 aliphatic carbocycles. The van der Waals surface area contributed by atoms with Crippen LogP contribution in [0.25, 0.3) is 0 Å². The Bertz CT molecular complexity index is 739. The third-order valence-electron chi connectivity index (χ3n) is 3.29. The van der Waals surface area contributed by atoms with E-state index < -0.39 is 5.82 Å². The summed E-state index contributed by atoms with van der Waals surface area (Å²) < 4.78 is 13.9. The van der Waals surface area contributed by atoms with Crippen LogP contribution in [0, 0.1) is 5.82 Å². The van der Waals surface area contributed by atoms with E-state index >= 15 is 0 Å². The first-order valence-electron chi connectivity index (χ1n) is 6.63. The molecular weight excluding hydrogens is 309 g/mol. The monoisotopic (exact) mass is 321 g/mol. The average molecular weight is 322 g/mol. The standard InChI is InChI=1S/C14H13ClFN5O/c1-21-5-4-17-12-9(15)7-18-14(20-12)19-11-6-8(13(21)22)2-3-10(11)16/h2-3,6-7H,4-5H2,1H3,(H2,17,18,19,20). The van der Waals surface area contributed by atoms with E-state index in [1.54, 1.807) is 11.9 Å². The van der Waals surface area contributed by atoms with Crippen molar-refractivity contribution < 1.29 is 9.18 Å². The molecule has 0 spiro atoms. The Morgan fingerprint density at radius 2 is 2.23 bits per heavy atom. The summed E-state index contributed by atoms with van der Waals surface area (Å²) >= 11 is 6.02. The number of benzene rings is 1. The predicted octanol–water partition coefficient (Wildman–Crippen LogP) is 2.51. The number of amides is 1. The minimum Gasteiger partial charge on any atom is -0.367 e. The van der Waals surface area contributed by atoms with Gasteiger partial charge in [-0.2, -0.15) is 4.98 Å². The lowest BCUT2D eigenvalue weighted by Gasteiger charge is -2.20. The molecule has 114 valence electrons. The largest absolute Gasteiger partial charge is 0.367 e. The molecular formula is C14H13ClFN5O. The number of carbonyl (C=O) groups excluding carboxylic acids is 1. The molecule has 22 heavy (non-hydrogen) atoms. The van der Waals surface area contributed by atoms with E-state index in [-0.39, 0.29) is 17.5 Å². The number of nitrogens with zero attached hydrogens (tertiary/aromatic N) is 3. The van der Waals surface area contributed by atoms with E-state index in [2.05, 4.69) is 20.6 Å². The maximum absolute atomic E-state index is 13.9. The fourth-order valence-electron chi connectivity index (χ4n) is 2.09. The summed E-state index contributed by atoms with van der Waals surface area (Å²) in [5.74, 6) is -0.0631. The summed E-state index contributed by atoms with van der Waals surface area (Å²) in [5, 5.41) is 6.15. The number of aromatic nitrogens is 2. The molecule has 1 aliphatic rings. The molecule has 2 heterocycles. The van der Waals surface area contributed by atoms with E-state index in [0.29, 0.717) is 29.5 Å². The van der Waals surface area contributed by atoms with Gasteiger partial charge in [0.25, 0.3) is 5.91 Å². The molecule has 2 N–H and O–H groups in total. The molecule has 2 aromatic rings. The van der Waals surface area contributed by atoms with Gasteiger partial charge in [0.15, 0.2) is 5.82 Å². The lowest BCUT2D eigenvalue weighted by atomic mass is 10.1. The Hall–Kier alpha value is -2.41. The van der Waals surface area contributed by atoms with Crippen LogP contribution in [-0.2, 0) is 0 Å². The highest BCUT2D eigenvalue weighted by molar-refractivity contribution is 6.32. The molecule has 1 amide bonds. The van der Waals surface area contributed by atoms with Crippen molar-refractivity contribution in [2.45, 2.75) is 0 Å². The number of rotatable bonds is 0. The van der Waals surface area contributed by atoms with Crippen LogP contribution in [0.15, 0.2) is 24.4 Å². The van der Waals surface area contributed by atoms with Crippen LogP contribution in [0.1, 0.15) is 10.4 Å². The Morgan fingerprint density at radius 3 is 3.05 bits per heavy atom. The molecule has 0 radical (unpaired) electrons. The fourth-order valence-corrected chi connectivity index (χ4v) is 2.25. The lowest BCUT2D eigenvalue weighted by Crippen LogP contribution is -2.31. The summed E-state index contributed by atoms with van der Waals surface area (Å²) in [4.78, 5) is 22.1. The molecule has 0 fully saturated rings. The summed E-state index contributed by atoms with van der Waals surface area (Å²) in [6.45, 7) is 0.932. The van der Waals surface area contributed by atoms with Gasteiger partial charge in [0, 0.05) is 25.7 Å². The summed E-state index contributed by atoms with van der Waals surface area (Å²) in [6, 6.07) is 4.14. The number of nitrogens with one attached hydrogen (secondary N) is 2. The van der Waals surface area contributed by atoms with Crippen molar-refractivity contribution in [3.63, 3.8) is 0 Å². The van der Waals surface area contributed by atoms with Gasteiger partial charge in [-0.15, -0.1) is 0 Å². The molecule has 1 aromatic carbocycles. The molecule has 8 heteroatoms. The third-order valence-corrected chi connectivity index (χ3v) is 3.57. The third kappa shape index (κ3) is 2.80. The van der Waals surface area contributed by atoms with Crippen LogP contribution < -0.4 is 10.6 Å². The highest BCUT2D eigenvalue weighted by Gasteiger charge is 2.16. The van der Waals surface area contributed by atoms with Crippen molar-refractivity contribution in [2.24, 2.45) is 0 Å². The van der Waals surface area contributed by atoms with Crippen molar-refractivity contribution in [3.05, 3.63) is 40.8 Å². The van der Waals surface area contributed by atoms with Gasteiger partial charge < -0.3 is 15.5 Å². The van der Waals surface area contributed by atoms with Crippen LogP contribution in [0.4, 0.5) is 21.8 Å². The Labute approximate surface area is 131 Å². The molecule has 1 aromatic heterocycles. The molecule has 1 aliphatic heterocycles.